The molecule has 1 fully saturated rings. The van der Waals surface area contributed by atoms with Crippen LogP contribution in [0.1, 0.15) is 40.0 Å². The number of anilines is 1. The first-order chi connectivity index (χ1) is 13.3. The summed E-state index contributed by atoms with van der Waals surface area (Å²) in [6, 6.07) is 17.1. The van der Waals surface area contributed by atoms with Crippen molar-refractivity contribution in [2.75, 3.05) is 18.4 Å². The van der Waals surface area contributed by atoms with Gasteiger partial charge in [-0.25, -0.2) is 4.79 Å². The van der Waals surface area contributed by atoms with Crippen LogP contribution in [0.25, 0.3) is 11.1 Å². The highest BCUT2D eigenvalue weighted by Crippen LogP contribution is 2.25. The van der Waals surface area contributed by atoms with Gasteiger partial charge < -0.3 is 15.0 Å². The first-order valence-electron chi connectivity index (χ1n) is 9.91. The average molecular weight is 445 g/mol. The maximum absolute atomic E-state index is 12.4. The fraction of sp³-hybridized carbons (Fsp3) is 0.435. The molecule has 4 nitrogen and oxygen atoms in total. The Morgan fingerprint density at radius 2 is 1.71 bits per heavy atom. The van der Waals surface area contributed by atoms with Gasteiger partial charge in [0.25, 0.3) is 0 Å². The zero-order valence-corrected chi connectivity index (χ0v) is 18.5. The van der Waals surface area contributed by atoms with Gasteiger partial charge in [-0.05, 0) is 75.4 Å². The van der Waals surface area contributed by atoms with Crippen molar-refractivity contribution in [2.24, 2.45) is 0 Å². The molecule has 150 valence electrons. The minimum atomic E-state index is -0.445. The number of likely N-dealkylation sites (tertiary alicyclic amines) is 1. The molecule has 1 unspecified atom stereocenters. The highest BCUT2D eigenvalue weighted by atomic mass is 79.9. The van der Waals surface area contributed by atoms with Gasteiger partial charge in [-0.15, -0.1) is 0 Å². The van der Waals surface area contributed by atoms with Crippen molar-refractivity contribution in [3.8, 4) is 11.1 Å². The molecule has 0 saturated carbocycles. The van der Waals surface area contributed by atoms with E-state index in [-0.39, 0.29) is 12.1 Å². The second-order valence-corrected chi connectivity index (χ2v) is 9.19. The molecule has 28 heavy (non-hydrogen) atoms. The van der Waals surface area contributed by atoms with E-state index in [1.165, 1.54) is 11.1 Å². The van der Waals surface area contributed by atoms with Crippen LogP contribution in [0, 0.1) is 0 Å². The Morgan fingerprint density at radius 1 is 1.11 bits per heavy atom. The second kappa shape index (κ2) is 8.99. The number of carbonyl (C=O) groups excluding carboxylic acids is 1. The van der Waals surface area contributed by atoms with Gasteiger partial charge in [0.05, 0.1) is 0 Å². The van der Waals surface area contributed by atoms with Crippen LogP contribution < -0.4 is 5.32 Å². The normalized spacial score (nSPS) is 16.9. The van der Waals surface area contributed by atoms with Crippen molar-refractivity contribution in [3.05, 3.63) is 53.0 Å². The minimum Gasteiger partial charge on any atom is -0.444 e. The number of amides is 1. The van der Waals surface area contributed by atoms with Crippen molar-refractivity contribution in [2.45, 2.75) is 51.7 Å². The van der Waals surface area contributed by atoms with Crippen LogP contribution in [0.3, 0.4) is 0 Å². The van der Waals surface area contributed by atoms with E-state index in [0.717, 1.165) is 42.5 Å². The van der Waals surface area contributed by atoms with Gasteiger partial charge in [0.15, 0.2) is 0 Å². The van der Waals surface area contributed by atoms with Crippen molar-refractivity contribution in [1.29, 1.82) is 0 Å². The number of halogens is 1. The van der Waals surface area contributed by atoms with Crippen molar-refractivity contribution in [1.82, 2.24) is 4.90 Å². The maximum Gasteiger partial charge on any atom is 0.410 e. The molecule has 2 aromatic carbocycles. The van der Waals surface area contributed by atoms with Crippen molar-refractivity contribution < 1.29 is 9.53 Å². The molecule has 0 aromatic heterocycles. The first-order valence-corrected chi connectivity index (χ1v) is 10.7. The van der Waals surface area contributed by atoms with E-state index in [2.05, 4.69) is 69.8 Å². The summed E-state index contributed by atoms with van der Waals surface area (Å²) in [6.45, 7) is 7.36. The van der Waals surface area contributed by atoms with E-state index in [0.29, 0.717) is 0 Å². The Bertz CT molecular complexity index is 782. The third-order valence-corrected chi connectivity index (χ3v) is 5.40. The third-order valence-electron chi connectivity index (χ3n) is 4.87. The molecule has 2 aromatic rings. The average Bonchev–Trinajstić information content (AvgIpc) is 3.10. The van der Waals surface area contributed by atoms with Crippen LogP contribution in [-0.2, 0) is 4.74 Å². The predicted molar refractivity (Wildman–Crippen MR) is 119 cm³/mol. The SMILES string of the molecule is CC(C)(C)OC(=O)N1CCCC1CCNc1ccc(-c2ccc(Br)cc2)cc1. The molecule has 1 aliphatic rings. The molecule has 1 amide bonds. The van der Waals surface area contributed by atoms with Gasteiger partial charge in [0.2, 0.25) is 0 Å². The molecule has 1 saturated heterocycles. The van der Waals surface area contributed by atoms with Crippen LogP contribution in [0.2, 0.25) is 0 Å². The molecular formula is C23H29BrN2O2. The molecule has 1 heterocycles. The van der Waals surface area contributed by atoms with Gasteiger partial charge in [-0.2, -0.15) is 0 Å². The molecule has 1 aliphatic heterocycles. The van der Waals surface area contributed by atoms with Crippen LogP contribution in [-0.4, -0.2) is 35.7 Å². The number of rotatable bonds is 5. The van der Waals surface area contributed by atoms with Crippen LogP contribution in [0.4, 0.5) is 10.5 Å². The van der Waals surface area contributed by atoms with Crippen LogP contribution in [0.15, 0.2) is 53.0 Å². The van der Waals surface area contributed by atoms with E-state index in [1.807, 2.05) is 25.7 Å². The number of hydrogen-bond donors (Lipinski definition) is 1. The quantitative estimate of drug-likeness (QED) is 0.586. The Hall–Kier alpha value is -2.01. The Kier molecular flexibility index (Phi) is 6.65. The van der Waals surface area contributed by atoms with E-state index in [9.17, 15) is 4.79 Å². The molecule has 0 radical (unpaired) electrons. The van der Waals surface area contributed by atoms with E-state index in [4.69, 9.17) is 4.74 Å². The summed E-state index contributed by atoms with van der Waals surface area (Å²) in [6.07, 6.45) is 2.83. The Morgan fingerprint density at radius 3 is 2.32 bits per heavy atom. The lowest BCUT2D eigenvalue weighted by atomic mass is 10.1. The number of carbonyl (C=O) groups is 1. The van der Waals surface area contributed by atoms with Gasteiger partial charge in [-0.1, -0.05) is 40.2 Å². The number of ether oxygens (including phenoxy) is 1. The largest absolute Gasteiger partial charge is 0.444 e. The summed E-state index contributed by atoms with van der Waals surface area (Å²) in [4.78, 5) is 14.3. The Balaban J connectivity index is 1.50. The van der Waals surface area contributed by atoms with Crippen molar-refractivity contribution >= 4 is 27.7 Å². The molecule has 1 atom stereocenters. The smallest absolute Gasteiger partial charge is 0.410 e. The summed E-state index contributed by atoms with van der Waals surface area (Å²) in [5.41, 5.74) is 3.06. The lowest BCUT2D eigenvalue weighted by Gasteiger charge is -2.28. The third kappa shape index (κ3) is 5.74. The van der Waals surface area contributed by atoms with E-state index < -0.39 is 5.60 Å². The maximum atomic E-state index is 12.4. The molecule has 0 spiro atoms. The topological polar surface area (TPSA) is 41.6 Å². The standard InChI is InChI=1S/C23H29BrN2O2/c1-23(2,3)28-22(27)26-16-4-5-21(26)14-15-25-20-12-8-18(9-13-20)17-6-10-19(24)11-7-17/h6-13,21,25H,4-5,14-16H2,1-3H3. The fourth-order valence-electron chi connectivity index (χ4n) is 3.50. The summed E-state index contributed by atoms with van der Waals surface area (Å²) < 4.78 is 6.63. The second-order valence-electron chi connectivity index (χ2n) is 8.27. The Labute approximate surface area is 176 Å². The first kappa shape index (κ1) is 20.7. The number of nitrogens with one attached hydrogen (secondary N) is 1. The van der Waals surface area contributed by atoms with Gasteiger partial charge in [0.1, 0.15) is 5.60 Å². The molecule has 1 N–H and O–H groups in total. The molecule has 5 heteroatoms. The monoisotopic (exact) mass is 444 g/mol. The number of benzene rings is 2. The predicted octanol–water partition coefficient (Wildman–Crippen LogP) is 6.32. The van der Waals surface area contributed by atoms with Crippen molar-refractivity contribution in [3.63, 3.8) is 0 Å². The summed E-state index contributed by atoms with van der Waals surface area (Å²) in [5, 5.41) is 3.48. The van der Waals surface area contributed by atoms with Crippen LogP contribution in [0.5, 0.6) is 0 Å². The summed E-state index contributed by atoms with van der Waals surface area (Å²) in [5.74, 6) is 0. The zero-order valence-electron chi connectivity index (χ0n) is 16.9. The molecule has 3 rings (SSSR count). The summed E-state index contributed by atoms with van der Waals surface area (Å²) >= 11 is 3.47. The zero-order chi connectivity index (χ0) is 20.1. The van der Waals surface area contributed by atoms with Gasteiger partial charge >= 0.3 is 6.09 Å². The molecular weight excluding hydrogens is 416 g/mol. The molecule has 0 aliphatic carbocycles. The van der Waals surface area contributed by atoms with Crippen LogP contribution >= 0.6 is 15.9 Å². The number of hydrogen-bond acceptors (Lipinski definition) is 3. The van der Waals surface area contributed by atoms with E-state index in [1.54, 1.807) is 0 Å². The van der Waals surface area contributed by atoms with Gasteiger partial charge in [0, 0.05) is 29.3 Å². The lowest BCUT2D eigenvalue weighted by molar-refractivity contribution is 0.0223. The van der Waals surface area contributed by atoms with Gasteiger partial charge in [-0.3, -0.25) is 0 Å². The fourth-order valence-corrected chi connectivity index (χ4v) is 3.77. The lowest BCUT2D eigenvalue weighted by Crippen LogP contribution is -2.40. The number of nitrogens with zero attached hydrogens (tertiary/aromatic N) is 1. The highest BCUT2D eigenvalue weighted by Gasteiger charge is 2.31. The summed E-state index contributed by atoms with van der Waals surface area (Å²) in [7, 11) is 0. The minimum absolute atomic E-state index is 0.186. The van der Waals surface area contributed by atoms with E-state index >= 15 is 0 Å². The molecule has 0 bridgehead atoms. The highest BCUT2D eigenvalue weighted by molar-refractivity contribution is 9.10.